The van der Waals surface area contributed by atoms with Crippen molar-refractivity contribution in [2.45, 2.75) is 11.4 Å². The molecule has 166 valence electrons. The Morgan fingerprint density at radius 3 is 2.53 bits per heavy atom. The zero-order valence-corrected chi connectivity index (χ0v) is 18.0. The Labute approximate surface area is 185 Å². The van der Waals surface area contributed by atoms with Crippen LogP contribution in [0, 0.1) is 0 Å². The third-order valence-corrected chi connectivity index (χ3v) is 5.77. The molecule has 0 spiro atoms. The second-order valence-corrected chi connectivity index (χ2v) is 8.34. The molecular formula is C23H21NO7S. The molecule has 0 saturated heterocycles. The maximum Gasteiger partial charge on any atom is 0.331 e. The summed E-state index contributed by atoms with van der Waals surface area (Å²) in [6.45, 7) is -0.369. The molecule has 0 fully saturated rings. The molecule has 2 aromatic carbocycles. The highest BCUT2D eigenvalue weighted by Gasteiger charge is 2.14. The van der Waals surface area contributed by atoms with Gasteiger partial charge < -0.3 is 13.9 Å². The molecule has 0 saturated carbocycles. The lowest BCUT2D eigenvalue weighted by Crippen LogP contribution is -2.22. The van der Waals surface area contributed by atoms with Crippen LogP contribution < -0.4 is 9.46 Å². The van der Waals surface area contributed by atoms with Crippen LogP contribution in [-0.4, -0.2) is 33.9 Å². The van der Waals surface area contributed by atoms with Gasteiger partial charge in [-0.05, 0) is 48.0 Å². The van der Waals surface area contributed by atoms with E-state index in [4.69, 9.17) is 13.9 Å². The normalized spacial score (nSPS) is 11.4. The number of hydrogen-bond donors (Lipinski definition) is 1. The molecule has 32 heavy (non-hydrogen) atoms. The summed E-state index contributed by atoms with van der Waals surface area (Å²) in [5.74, 6) is -0.0273. The highest BCUT2D eigenvalue weighted by molar-refractivity contribution is 7.89. The highest BCUT2D eigenvalue weighted by Crippen LogP contribution is 2.14. The molecule has 1 N–H and O–H groups in total. The molecule has 1 heterocycles. The van der Waals surface area contributed by atoms with E-state index in [1.54, 1.807) is 48.5 Å². The zero-order valence-electron chi connectivity index (χ0n) is 17.2. The fourth-order valence-electron chi connectivity index (χ4n) is 2.65. The first-order valence-corrected chi connectivity index (χ1v) is 11.0. The van der Waals surface area contributed by atoms with Gasteiger partial charge in [0.05, 0.1) is 24.8 Å². The minimum absolute atomic E-state index is 0.0390. The Morgan fingerprint density at radius 2 is 1.84 bits per heavy atom. The lowest BCUT2D eigenvalue weighted by molar-refractivity contribution is -0.136. The third-order valence-electron chi connectivity index (χ3n) is 4.36. The molecule has 9 heteroatoms. The average Bonchev–Trinajstić information content (AvgIpc) is 3.34. The summed E-state index contributed by atoms with van der Waals surface area (Å²) in [5, 5.41) is 0. The van der Waals surface area contributed by atoms with Crippen molar-refractivity contribution in [3.63, 3.8) is 0 Å². The number of carbonyl (C=O) groups is 2. The summed E-state index contributed by atoms with van der Waals surface area (Å²) in [4.78, 5) is 24.1. The number of furan rings is 1. The second-order valence-electron chi connectivity index (χ2n) is 6.57. The summed E-state index contributed by atoms with van der Waals surface area (Å²) in [6.07, 6.45) is 4.09. The number of sulfonamides is 1. The van der Waals surface area contributed by atoms with Crippen molar-refractivity contribution in [1.29, 1.82) is 0 Å². The van der Waals surface area contributed by atoms with Crippen molar-refractivity contribution in [3.8, 4) is 5.75 Å². The molecule has 0 unspecified atom stereocenters. The molecular weight excluding hydrogens is 434 g/mol. The Bertz CT molecular complexity index is 1200. The number of benzene rings is 2. The standard InChI is InChI=1S/C23H21NO7S/c1-29-19-5-2-4-18(14-19)22(25)16-31-23(26)12-9-17-7-10-21(11-8-17)32(27,28)24-15-20-6-3-13-30-20/h2-14,24H,15-16H2,1H3/b12-9+. The van der Waals surface area contributed by atoms with E-state index >= 15 is 0 Å². The van der Waals surface area contributed by atoms with Crippen LogP contribution >= 0.6 is 0 Å². The molecule has 0 radical (unpaired) electrons. The molecule has 0 atom stereocenters. The number of hydrogen-bond acceptors (Lipinski definition) is 7. The maximum atomic E-state index is 12.3. The highest BCUT2D eigenvalue weighted by atomic mass is 32.2. The Kier molecular flexibility index (Phi) is 7.58. The zero-order chi connectivity index (χ0) is 23.0. The number of carbonyl (C=O) groups excluding carboxylic acids is 2. The van der Waals surface area contributed by atoms with Gasteiger partial charge in [-0.15, -0.1) is 0 Å². The van der Waals surface area contributed by atoms with Gasteiger partial charge in [-0.3, -0.25) is 4.79 Å². The third kappa shape index (κ3) is 6.40. The van der Waals surface area contributed by atoms with Gasteiger partial charge >= 0.3 is 5.97 Å². The van der Waals surface area contributed by atoms with E-state index in [-0.39, 0.29) is 17.2 Å². The van der Waals surface area contributed by atoms with Crippen LogP contribution in [0.2, 0.25) is 0 Å². The number of Topliss-reactive ketones (excluding diaryl/α,β-unsaturated/α-hetero) is 1. The molecule has 8 nitrogen and oxygen atoms in total. The second kappa shape index (κ2) is 10.6. The van der Waals surface area contributed by atoms with E-state index in [1.807, 2.05) is 0 Å². The fraction of sp³-hybridized carbons (Fsp3) is 0.130. The van der Waals surface area contributed by atoms with Gasteiger partial charge in [0.25, 0.3) is 0 Å². The van der Waals surface area contributed by atoms with Crippen molar-refractivity contribution in [2.24, 2.45) is 0 Å². The van der Waals surface area contributed by atoms with Gasteiger partial charge in [0.1, 0.15) is 11.5 Å². The molecule has 1 aromatic heterocycles. The van der Waals surface area contributed by atoms with Crippen LogP contribution in [0.15, 0.2) is 82.3 Å². The largest absolute Gasteiger partial charge is 0.497 e. The quantitative estimate of drug-likeness (QED) is 0.284. The Balaban J connectivity index is 1.52. The minimum Gasteiger partial charge on any atom is -0.497 e. The maximum absolute atomic E-state index is 12.3. The van der Waals surface area contributed by atoms with Crippen LogP contribution in [0.4, 0.5) is 0 Å². The van der Waals surface area contributed by atoms with Gasteiger partial charge in [0.2, 0.25) is 10.0 Å². The lowest BCUT2D eigenvalue weighted by Gasteiger charge is -2.06. The Hall–Kier alpha value is -3.69. The van der Waals surface area contributed by atoms with Crippen molar-refractivity contribution in [2.75, 3.05) is 13.7 Å². The van der Waals surface area contributed by atoms with Crippen molar-refractivity contribution in [3.05, 3.63) is 89.9 Å². The summed E-state index contributed by atoms with van der Waals surface area (Å²) >= 11 is 0. The number of rotatable bonds is 10. The smallest absolute Gasteiger partial charge is 0.331 e. The summed E-state index contributed by atoms with van der Waals surface area (Å²) in [5.41, 5.74) is 0.963. The van der Waals surface area contributed by atoms with E-state index in [9.17, 15) is 18.0 Å². The van der Waals surface area contributed by atoms with Crippen LogP contribution in [0.1, 0.15) is 21.7 Å². The van der Waals surface area contributed by atoms with Crippen molar-refractivity contribution < 1.29 is 31.9 Å². The van der Waals surface area contributed by atoms with E-state index < -0.39 is 22.6 Å². The monoisotopic (exact) mass is 455 g/mol. The summed E-state index contributed by atoms with van der Waals surface area (Å²) in [7, 11) is -2.21. The van der Waals surface area contributed by atoms with Gasteiger partial charge in [-0.1, -0.05) is 24.3 Å². The molecule has 3 aromatic rings. The summed E-state index contributed by atoms with van der Waals surface area (Å²) < 4.78 is 42.2. The molecule has 0 aliphatic carbocycles. The van der Waals surface area contributed by atoms with Crippen LogP contribution in [0.3, 0.4) is 0 Å². The number of ether oxygens (including phenoxy) is 2. The van der Waals surface area contributed by atoms with E-state index in [0.717, 1.165) is 6.08 Å². The number of esters is 1. The van der Waals surface area contributed by atoms with Crippen LogP contribution in [-0.2, 0) is 26.1 Å². The predicted octanol–water partition coefficient (Wildman–Crippen LogP) is 3.21. The van der Waals surface area contributed by atoms with Crippen LogP contribution in [0.25, 0.3) is 6.08 Å². The topological polar surface area (TPSA) is 112 Å². The molecule has 0 aliphatic heterocycles. The van der Waals surface area contributed by atoms with Crippen LogP contribution in [0.5, 0.6) is 5.75 Å². The minimum atomic E-state index is -3.71. The first-order valence-electron chi connectivity index (χ1n) is 9.51. The van der Waals surface area contributed by atoms with Crippen molar-refractivity contribution >= 4 is 27.9 Å². The molecule has 3 rings (SSSR count). The van der Waals surface area contributed by atoms with Gasteiger partial charge in [-0.2, -0.15) is 0 Å². The van der Waals surface area contributed by atoms with Crippen molar-refractivity contribution in [1.82, 2.24) is 4.72 Å². The number of methoxy groups -OCH3 is 1. The number of ketones is 1. The predicted molar refractivity (Wildman–Crippen MR) is 116 cm³/mol. The molecule has 0 amide bonds. The first kappa shape index (κ1) is 23.0. The molecule has 0 aliphatic rings. The van der Waals surface area contributed by atoms with Gasteiger partial charge in [0, 0.05) is 11.6 Å². The SMILES string of the molecule is COc1cccc(C(=O)COC(=O)/C=C/c2ccc(S(=O)(=O)NCc3ccco3)cc2)c1. The lowest BCUT2D eigenvalue weighted by atomic mass is 10.1. The average molecular weight is 455 g/mol. The summed E-state index contributed by atoms with van der Waals surface area (Å²) in [6, 6.07) is 15.8. The first-order chi connectivity index (χ1) is 15.4. The fourth-order valence-corrected chi connectivity index (χ4v) is 3.64. The van der Waals surface area contributed by atoms with Gasteiger partial charge in [0.15, 0.2) is 12.4 Å². The van der Waals surface area contributed by atoms with Gasteiger partial charge in [-0.25, -0.2) is 17.9 Å². The molecule has 0 bridgehead atoms. The van der Waals surface area contributed by atoms with E-state index in [2.05, 4.69) is 4.72 Å². The van der Waals surface area contributed by atoms with E-state index in [0.29, 0.717) is 22.6 Å². The Morgan fingerprint density at radius 1 is 1.06 bits per heavy atom. The van der Waals surface area contributed by atoms with E-state index in [1.165, 1.54) is 31.6 Å². The number of nitrogens with one attached hydrogen (secondary N) is 1.